The number of ether oxygens (including phenoxy) is 1. The summed E-state index contributed by atoms with van der Waals surface area (Å²) < 4.78 is 5.64. The Morgan fingerprint density at radius 2 is 1.85 bits per heavy atom. The molecule has 0 aliphatic carbocycles. The molecule has 2 amide bonds. The second kappa shape index (κ2) is 8.43. The van der Waals surface area contributed by atoms with Gasteiger partial charge in [-0.1, -0.05) is 24.3 Å². The van der Waals surface area contributed by atoms with E-state index in [4.69, 9.17) is 9.84 Å². The molecule has 8 heteroatoms. The van der Waals surface area contributed by atoms with E-state index >= 15 is 0 Å². The number of rotatable bonds is 6. The summed E-state index contributed by atoms with van der Waals surface area (Å²) in [6.45, 7) is 0.0841. The minimum absolute atomic E-state index is 0.0841. The molecule has 0 aliphatic heterocycles. The second-order valence-corrected chi connectivity index (χ2v) is 5.51. The smallest absolute Gasteiger partial charge is 0.404 e. The van der Waals surface area contributed by atoms with Crippen LogP contribution in [0.2, 0.25) is 0 Å². The fraction of sp³-hybridized carbons (Fsp3) is 0.0526. The van der Waals surface area contributed by atoms with Gasteiger partial charge in [-0.25, -0.2) is 4.79 Å². The summed E-state index contributed by atoms with van der Waals surface area (Å²) >= 11 is 0. The molecule has 0 spiro atoms. The molecule has 0 saturated heterocycles. The Morgan fingerprint density at radius 1 is 1.04 bits per heavy atom. The quantitative estimate of drug-likeness (QED) is 0.618. The number of carbonyl (C=O) groups is 2. The van der Waals surface area contributed by atoms with E-state index in [-0.39, 0.29) is 18.3 Å². The zero-order chi connectivity index (χ0) is 19.1. The zero-order valence-electron chi connectivity index (χ0n) is 14.1. The van der Waals surface area contributed by atoms with Gasteiger partial charge in [0.2, 0.25) is 5.88 Å². The average Bonchev–Trinajstić information content (AvgIpc) is 2.68. The van der Waals surface area contributed by atoms with Crippen molar-refractivity contribution in [1.82, 2.24) is 15.5 Å². The van der Waals surface area contributed by atoms with Crippen LogP contribution in [-0.2, 0) is 6.54 Å². The van der Waals surface area contributed by atoms with Crippen LogP contribution in [0, 0.1) is 0 Å². The number of para-hydroxylation sites is 1. The number of amides is 2. The summed E-state index contributed by atoms with van der Waals surface area (Å²) in [6, 6.07) is 17.3. The summed E-state index contributed by atoms with van der Waals surface area (Å²) in [5.74, 6) is 0.339. The number of aromatic nitrogens is 2. The third kappa shape index (κ3) is 5.27. The zero-order valence-corrected chi connectivity index (χ0v) is 14.1. The van der Waals surface area contributed by atoms with E-state index in [1.807, 2.05) is 18.2 Å². The Labute approximate surface area is 154 Å². The molecular formula is C19H16N4O4. The molecule has 1 aromatic heterocycles. The Bertz CT molecular complexity index is 947. The highest BCUT2D eigenvalue weighted by Crippen LogP contribution is 2.21. The SMILES string of the molecule is O=C(O)NCc1cnnc(Oc2cccc(C(=O)Nc3ccccc3)c2)c1. The number of hydrogen-bond donors (Lipinski definition) is 3. The van der Waals surface area contributed by atoms with Crippen LogP contribution < -0.4 is 15.4 Å². The predicted octanol–water partition coefficient (Wildman–Crippen LogP) is 3.29. The van der Waals surface area contributed by atoms with E-state index in [0.717, 1.165) is 0 Å². The van der Waals surface area contributed by atoms with Gasteiger partial charge in [0.15, 0.2) is 0 Å². The summed E-state index contributed by atoms with van der Waals surface area (Å²) in [7, 11) is 0. The molecule has 136 valence electrons. The number of carbonyl (C=O) groups excluding carboxylic acids is 1. The maximum atomic E-state index is 12.4. The van der Waals surface area contributed by atoms with Crippen molar-refractivity contribution in [3.63, 3.8) is 0 Å². The Balaban J connectivity index is 1.69. The van der Waals surface area contributed by atoms with Crippen molar-refractivity contribution in [3.05, 3.63) is 78.0 Å². The molecule has 8 nitrogen and oxygen atoms in total. The third-order valence-electron chi connectivity index (χ3n) is 3.48. The molecule has 0 saturated carbocycles. The fourth-order valence-corrected chi connectivity index (χ4v) is 2.26. The van der Waals surface area contributed by atoms with Crippen LogP contribution in [0.1, 0.15) is 15.9 Å². The summed E-state index contributed by atoms with van der Waals surface area (Å²) in [5, 5.41) is 21.3. The minimum atomic E-state index is -1.13. The van der Waals surface area contributed by atoms with Gasteiger partial charge in [0, 0.05) is 23.9 Å². The van der Waals surface area contributed by atoms with Crippen LogP contribution in [0.3, 0.4) is 0 Å². The van der Waals surface area contributed by atoms with Gasteiger partial charge in [-0.2, -0.15) is 5.10 Å². The van der Waals surface area contributed by atoms with E-state index in [1.54, 1.807) is 42.5 Å². The first-order valence-corrected chi connectivity index (χ1v) is 8.03. The third-order valence-corrected chi connectivity index (χ3v) is 3.48. The van der Waals surface area contributed by atoms with Crippen molar-refractivity contribution >= 4 is 17.7 Å². The van der Waals surface area contributed by atoms with Gasteiger partial charge in [-0.15, -0.1) is 5.10 Å². The van der Waals surface area contributed by atoms with E-state index in [2.05, 4.69) is 20.8 Å². The van der Waals surface area contributed by atoms with Crippen LogP contribution in [0.15, 0.2) is 66.9 Å². The Kier molecular flexibility index (Phi) is 5.58. The first-order chi connectivity index (χ1) is 13.1. The van der Waals surface area contributed by atoms with Gasteiger partial charge >= 0.3 is 6.09 Å². The normalized spacial score (nSPS) is 10.1. The van der Waals surface area contributed by atoms with Crippen molar-refractivity contribution in [3.8, 4) is 11.6 Å². The van der Waals surface area contributed by atoms with Gasteiger partial charge in [0.1, 0.15) is 5.75 Å². The maximum absolute atomic E-state index is 12.4. The molecule has 0 fully saturated rings. The van der Waals surface area contributed by atoms with Gasteiger partial charge < -0.3 is 20.5 Å². The highest BCUT2D eigenvalue weighted by atomic mass is 16.5. The topological polar surface area (TPSA) is 113 Å². The van der Waals surface area contributed by atoms with Crippen LogP contribution in [0.5, 0.6) is 11.6 Å². The Morgan fingerprint density at radius 3 is 2.63 bits per heavy atom. The number of benzene rings is 2. The lowest BCUT2D eigenvalue weighted by molar-refractivity contribution is 0.102. The van der Waals surface area contributed by atoms with Crippen molar-refractivity contribution in [1.29, 1.82) is 0 Å². The molecule has 1 heterocycles. The predicted molar refractivity (Wildman–Crippen MR) is 97.8 cm³/mol. The minimum Gasteiger partial charge on any atom is -0.465 e. The lowest BCUT2D eigenvalue weighted by Crippen LogP contribution is -2.20. The maximum Gasteiger partial charge on any atom is 0.404 e. The van der Waals surface area contributed by atoms with Crippen molar-refractivity contribution < 1.29 is 19.4 Å². The molecule has 0 bridgehead atoms. The molecule has 2 aromatic carbocycles. The van der Waals surface area contributed by atoms with E-state index in [0.29, 0.717) is 22.6 Å². The number of nitrogens with zero attached hydrogens (tertiary/aromatic N) is 2. The Hall–Kier alpha value is -3.94. The lowest BCUT2D eigenvalue weighted by atomic mass is 10.2. The molecular weight excluding hydrogens is 348 g/mol. The van der Waals surface area contributed by atoms with Crippen LogP contribution >= 0.6 is 0 Å². The number of hydrogen-bond acceptors (Lipinski definition) is 5. The van der Waals surface area contributed by atoms with Crippen LogP contribution in [0.25, 0.3) is 0 Å². The molecule has 3 rings (SSSR count). The number of carboxylic acid groups (broad SMARTS) is 1. The molecule has 0 unspecified atom stereocenters. The molecule has 0 radical (unpaired) electrons. The van der Waals surface area contributed by atoms with Gasteiger partial charge in [0.05, 0.1) is 6.20 Å². The van der Waals surface area contributed by atoms with E-state index < -0.39 is 6.09 Å². The molecule has 27 heavy (non-hydrogen) atoms. The van der Waals surface area contributed by atoms with Gasteiger partial charge in [0.25, 0.3) is 5.91 Å². The first-order valence-electron chi connectivity index (χ1n) is 8.03. The lowest BCUT2D eigenvalue weighted by Gasteiger charge is -2.08. The van der Waals surface area contributed by atoms with Crippen molar-refractivity contribution in [2.24, 2.45) is 0 Å². The van der Waals surface area contributed by atoms with E-state index in [9.17, 15) is 9.59 Å². The average molecular weight is 364 g/mol. The second-order valence-electron chi connectivity index (χ2n) is 5.51. The number of nitrogens with one attached hydrogen (secondary N) is 2. The molecule has 3 aromatic rings. The highest BCUT2D eigenvalue weighted by Gasteiger charge is 2.09. The standard InChI is InChI=1S/C19H16N4O4/c24-18(22-15-6-2-1-3-7-15)14-5-4-8-16(10-14)27-17-9-13(12-21-23-17)11-20-19(25)26/h1-10,12,20H,11H2,(H,22,24)(H,25,26). The van der Waals surface area contributed by atoms with Crippen molar-refractivity contribution in [2.75, 3.05) is 5.32 Å². The van der Waals surface area contributed by atoms with Gasteiger partial charge in [-0.3, -0.25) is 4.79 Å². The van der Waals surface area contributed by atoms with E-state index in [1.165, 1.54) is 6.20 Å². The molecule has 0 aliphatic rings. The summed E-state index contributed by atoms with van der Waals surface area (Å²) in [6.07, 6.45) is 0.304. The number of anilines is 1. The fourth-order valence-electron chi connectivity index (χ4n) is 2.26. The van der Waals surface area contributed by atoms with Gasteiger partial charge in [-0.05, 0) is 35.9 Å². The first kappa shape index (κ1) is 17.9. The molecule has 0 atom stereocenters. The monoisotopic (exact) mass is 364 g/mol. The van der Waals surface area contributed by atoms with Crippen LogP contribution in [-0.4, -0.2) is 27.3 Å². The summed E-state index contributed by atoms with van der Waals surface area (Å²) in [5.41, 5.74) is 1.71. The summed E-state index contributed by atoms with van der Waals surface area (Å²) in [4.78, 5) is 22.9. The van der Waals surface area contributed by atoms with Crippen LogP contribution in [0.4, 0.5) is 10.5 Å². The highest BCUT2D eigenvalue weighted by molar-refractivity contribution is 6.04. The molecule has 3 N–H and O–H groups in total. The largest absolute Gasteiger partial charge is 0.465 e. The van der Waals surface area contributed by atoms with Crippen molar-refractivity contribution in [2.45, 2.75) is 6.54 Å².